The molecule has 7 N–H and O–H groups in total. The van der Waals surface area contributed by atoms with Crippen LogP contribution in [-0.2, 0) is 20.8 Å². The van der Waals surface area contributed by atoms with E-state index in [4.69, 9.17) is 35.0 Å². The Hall–Kier alpha value is 2.70. The van der Waals surface area contributed by atoms with Gasteiger partial charge in [-0.2, -0.15) is 16.8 Å². The first-order chi connectivity index (χ1) is 4.00. The van der Waals surface area contributed by atoms with Gasteiger partial charge in [0.1, 0.15) is 0 Å². The minimum absolute atomic E-state index is 0. The van der Waals surface area contributed by atoms with Crippen LogP contribution in [0.1, 0.15) is 0 Å². The topological polar surface area (TPSA) is 184 Å². The predicted octanol–water partition coefficient (Wildman–Crippen LogP) is -3.09. The van der Waals surface area contributed by atoms with Crippen molar-refractivity contribution in [2.24, 2.45) is 0 Å². The molecule has 0 unspecified atom stereocenters. The van der Waals surface area contributed by atoms with E-state index in [1.807, 2.05) is 0 Å². The fourth-order valence-electron chi connectivity index (χ4n) is 0. The van der Waals surface area contributed by atoms with E-state index in [1.54, 1.807) is 0 Å². The van der Waals surface area contributed by atoms with Gasteiger partial charge in [0.15, 0.2) is 0 Å². The van der Waals surface area contributed by atoms with Crippen LogP contribution in [0.3, 0.4) is 0 Å². The van der Waals surface area contributed by atoms with Gasteiger partial charge in [0.25, 0.3) is 0 Å². The summed E-state index contributed by atoms with van der Waals surface area (Å²) in [7, 11) is -9.33. The Morgan fingerprint density at radius 2 is 0.571 bits per heavy atom. The van der Waals surface area contributed by atoms with Crippen LogP contribution in [0.15, 0.2) is 0 Å². The molecule has 0 aromatic carbocycles. The van der Waals surface area contributed by atoms with E-state index in [2.05, 4.69) is 0 Å². The molecule has 0 fully saturated rings. The van der Waals surface area contributed by atoms with Crippen LogP contribution in [-0.4, -0.2) is 124 Å². The Morgan fingerprint density at radius 1 is 0.571 bits per heavy atom. The van der Waals surface area contributed by atoms with Crippen molar-refractivity contribution in [3.05, 3.63) is 0 Å². The van der Waals surface area contributed by atoms with Crippen molar-refractivity contribution < 1.29 is 35.0 Å². The molecule has 0 bridgehead atoms. The molecule has 14 heavy (non-hydrogen) atoms. The van der Waals surface area contributed by atoms with E-state index in [1.165, 1.54) is 0 Å². The molecule has 0 aliphatic rings. The van der Waals surface area contributed by atoms with Gasteiger partial charge in [0.2, 0.25) is 0 Å². The first kappa shape index (κ1) is 36.0. The van der Waals surface area contributed by atoms with Gasteiger partial charge in [0, 0.05) is 0 Å². The van der Waals surface area contributed by atoms with E-state index in [9.17, 15) is 0 Å². The Labute approximate surface area is 148 Å². The van der Waals surface area contributed by atoms with Gasteiger partial charge in [-0.1, -0.05) is 0 Å². The van der Waals surface area contributed by atoms with Crippen molar-refractivity contribution in [2.75, 3.05) is 0 Å². The monoisotopic (exact) mass is 285 g/mol. The zero-order chi connectivity index (χ0) is 9.00. The van der Waals surface area contributed by atoms with Crippen LogP contribution >= 0.6 is 0 Å². The zero-order valence-electron chi connectivity index (χ0n) is 4.95. The molecule has 0 aliphatic carbocycles. The summed E-state index contributed by atoms with van der Waals surface area (Å²) in [5, 5.41) is 0. The van der Waals surface area contributed by atoms with Gasteiger partial charge < -0.3 is 6.15 Å². The molecule has 0 amide bonds. The summed E-state index contributed by atoms with van der Waals surface area (Å²) in [6.45, 7) is 0. The van der Waals surface area contributed by atoms with Gasteiger partial charge in [-0.15, -0.1) is 0 Å². The van der Waals surface area contributed by atoms with E-state index in [-0.39, 0.29) is 94.8 Å². The summed E-state index contributed by atoms with van der Waals surface area (Å²) in [6.07, 6.45) is 0. The first-order valence-electron chi connectivity index (χ1n) is 1.40. The molecule has 0 heterocycles. The SMILES string of the molecule is N.O=S(=O)(O)O.O=S(=O)(O)O.[NaH].[NaH].[NaH]. The van der Waals surface area contributed by atoms with Crippen molar-refractivity contribution in [2.45, 2.75) is 0 Å². The van der Waals surface area contributed by atoms with E-state index in [0.29, 0.717) is 0 Å². The third kappa shape index (κ3) is 378. The zero-order valence-corrected chi connectivity index (χ0v) is 6.58. The molecule has 78 valence electrons. The Balaban J connectivity index is -0.0000000178. The van der Waals surface area contributed by atoms with E-state index < -0.39 is 20.8 Å². The Kier molecular flexibility index (Phi) is 40.3. The van der Waals surface area contributed by atoms with Gasteiger partial charge in [0.05, 0.1) is 0 Å². The van der Waals surface area contributed by atoms with Crippen LogP contribution in [0.2, 0.25) is 0 Å². The summed E-state index contributed by atoms with van der Waals surface area (Å²) in [4.78, 5) is 0. The normalized spacial score (nSPS) is 8.29. The van der Waals surface area contributed by atoms with Crippen molar-refractivity contribution in [1.82, 2.24) is 6.15 Å². The van der Waals surface area contributed by atoms with Crippen molar-refractivity contribution in [3.8, 4) is 0 Å². The molecular formula is H10NNa3O8S2. The minimum atomic E-state index is -4.67. The fourth-order valence-corrected chi connectivity index (χ4v) is 0. The molecule has 0 spiro atoms. The van der Waals surface area contributed by atoms with Crippen molar-refractivity contribution in [3.63, 3.8) is 0 Å². The third-order valence-electron chi connectivity index (χ3n) is 0. The number of hydrogen-bond acceptors (Lipinski definition) is 5. The van der Waals surface area contributed by atoms with Crippen molar-refractivity contribution >= 4 is 109 Å². The second-order valence-corrected chi connectivity index (χ2v) is 2.69. The summed E-state index contributed by atoms with van der Waals surface area (Å²) >= 11 is 0. The quantitative estimate of drug-likeness (QED) is 0.227. The number of rotatable bonds is 0. The van der Waals surface area contributed by atoms with Crippen LogP contribution in [0.5, 0.6) is 0 Å². The van der Waals surface area contributed by atoms with Crippen LogP contribution < -0.4 is 6.15 Å². The second-order valence-electron chi connectivity index (χ2n) is 0.896. The number of hydrogen-bond donors (Lipinski definition) is 5. The molecule has 14 heteroatoms. The molecule has 0 aromatic heterocycles. The van der Waals surface area contributed by atoms with Crippen LogP contribution in [0, 0.1) is 0 Å². The van der Waals surface area contributed by atoms with Crippen LogP contribution in [0.25, 0.3) is 0 Å². The standard InChI is InChI=1S/H3N.3Na.2H2O4S.3H/c;;;;2*1-5(2,3)4;;;/h1H3;;;;2*(H2,1,2,3,4);;;. The average Bonchev–Trinajstić information content (AvgIpc) is 1.12. The van der Waals surface area contributed by atoms with E-state index in [0.717, 1.165) is 0 Å². The fraction of sp³-hybridized carbons (Fsp3) is 0. The Morgan fingerprint density at radius 3 is 0.571 bits per heavy atom. The molecule has 0 atom stereocenters. The summed E-state index contributed by atoms with van der Waals surface area (Å²) < 4.78 is 63.2. The van der Waals surface area contributed by atoms with E-state index >= 15 is 0 Å². The Bertz CT molecular complexity index is 219. The molecular weight excluding hydrogens is 275 g/mol. The maximum absolute atomic E-state index is 8.74. The summed E-state index contributed by atoms with van der Waals surface area (Å²) in [5.41, 5.74) is 0. The van der Waals surface area contributed by atoms with Gasteiger partial charge in [-0.3, -0.25) is 18.2 Å². The molecule has 0 aromatic rings. The second kappa shape index (κ2) is 15.7. The molecule has 0 saturated heterocycles. The third-order valence-corrected chi connectivity index (χ3v) is 0. The summed E-state index contributed by atoms with van der Waals surface area (Å²) in [5.74, 6) is 0. The molecule has 0 radical (unpaired) electrons. The molecule has 0 rings (SSSR count). The maximum atomic E-state index is 8.74. The van der Waals surface area contributed by atoms with Crippen LogP contribution in [0.4, 0.5) is 0 Å². The first-order valence-corrected chi connectivity index (χ1v) is 4.19. The van der Waals surface area contributed by atoms with Gasteiger partial charge in [-0.05, 0) is 0 Å². The average molecular weight is 285 g/mol. The van der Waals surface area contributed by atoms with Gasteiger partial charge in [-0.25, -0.2) is 0 Å². The summed E-state index contributed by atoms with van der Waals surface area (Å²) in [6, 6.07) is 0. The molecule has 0 saturated carbocycles. The van der Waals surface area contributed by atoms with Crippen molar-refractivity contribution in [1.29, 1.82) is 0 Å². The molecule has 9 nitrogen and oxygen atoms in total. The van der Waals surface area contributed by atoms with Gasteiger partial charge >= 0.3 is 109 Å². The predicted molar refractivity (Wildman–Crippen MR) is 54.8 cm³/mol. The molecule has 0 aliphatic heterocycles.